The minimum Gasteiger partial charge on any atom is -0.274 e. The second kappa shape index (κ2) is 3.71. The Morgan fingerprint density at radius 1 is 1.29 bits per heavy atom. The Balaban J connectivity index is 1.95. The van der Waals surface area contributed by atoms with E-state index in [1.165, 1.54) is 32.6 Å². The summed E-state index contributed by atoms with van der Waals surface area (Å²) in [5, 5.41) is 4.14. The largest absolute Gasteiger partial charge is 0.274 e. The Hall–Kier alpha value is -0.860. The zero-order chi connectivity index (χ0) is 10.1. The molecule has 2 rings (SSSR count). The zero-order valence-corrected chi connectivity index (χ0v) is 8.92. The van der Waals surface area contributed by atoms with Gasteiger partial charge in [-0.25, -0.2) is 5.43 Å². The molecule has 0 radical (unpaired) electrons. The first-order chi connectivity index (χ1) is 6.66. The standard InChI is InChI=1S/C11H18N2O/c1-7(12-13-8(2)14)11-6-9-3-4-10(11)5-9/h9-11H,3-6H2,1-2H3,(H,13,14)/b12-7-/t9-,10+,11+/m0/s1. The summed E-state index contributed by atoms with van der Waals surface area (Å²) in [6.07, 6.45) is 5.45. The molecular weight excluding hydrogens is 176 g/mol. The van der Waals surface area contributed by atoms with Gasteiger partial charge in [-0.05, 0) is 38.0 Å². The predicted molar refractivity (Wildman–Crippen MR) is 55.9 cm³/mol. The van der Waals surface area contributed by atoms with E-state index < -0.39 is 0 Å². The number of fused-ring (bicyclic) bond motifs is 2. The highest BCUT2D eigenvalue weighted by Crippen LogP contribution is 2.48. The third kappa shape index (κ3) is 1.81. The molecule has 2 fully saturated rings. The fourth-order valence-corrected chi connectivity index (χ4v) is 3.01. The average Bonchev–Trinajstić information content (AvgIpc) is 2.74. The Morgan fingerprint density at radius 3 is 2.57 bits per heavy atom. The number of nitrogens with zero attached hydrogens (tertiary/aromatic N) is 1. The van der Waals surface area contributed by atoms with Gasteiger partial charge in [0.25, 0.3) is 0 Å². The first-order valence-corrected chi connectivity index (χ1v) is 5.47. The van der Waals surface area contributed by atoms with E-state index in [1.807, 2.05) is 6.92 Å². The number of hydrogen-bond acceptors (Lipinski definition) is 2. The van der Waals surface area contributed by atoms with Gasteiger partial charge in [0.15, 0.2) is 0 Å². The van der Waals surface area contributed by atoms with Crippen LogP contribution in [0.25, 0.3) is 0 Å². The summed E-state index contributed by atoms with van der Waals surface area (Å²) in [7, 11) is 0. The van der Waals surface area contributed by atoms with Gasteiger partial charge in [-0.15, -0.1) is 0 Å². The van der Waals surface area contributed by atoms with Gasteiger partial charge in [-0.2, -0.15) is 5.10 Å². The lowest BCUT2D eigenvalue weighted by Crippen LogP contribution is -2.23. The number of carbonyl (C=O) groups is 1. The number of hydrazone groups is 1. The van der Waals surface area contributed by atoms with Gasteiger partial charge in [0.2, 0.25) is 5.91 Å². The molecule has 3 nitrogen and oxygen atoms in total. The molecule has 2 saturated carbocycles. The van der Waals surface area contributed by atoms with Gasteiger partial charge in [0, 0.05) is 18.6 Å². The lowest BCUT2D eigenvalue weighted by molar-refractivity contribution is -0.118. The highest BCUT2D eigenvalue weighted by molar-refractivity contribution is 5.86. The van der Waals surface area contributed by atoms with E-state index in [-0.39, 0.29) is 5.91 Å². The van der Waals surface area contributed by atoms with Crippen LogP contribution in [0.2, 0.25) is 0 Å². The first-order valence-electron chi connectivity index (χ1n) is 5.47. The van der Waals surface area contributed by atoms with Crippen LogP contribution in [0.5, 0.6) is 0 Å². The van der Waals surface area contributed by atoms with Gasteiger partial charge in [0.1, 0.15) is 0 Å². The summed E-state index contributed by atoms with van der Waals surface area (Å²) in [5.41, 5.74) is 3.65. The molecule has 0 saturated heterocycles. The molecule has 14 heavy (non-hydrogen) atoms. The molecule has 1 amide bonds. The third-order valence-electron chi connectivity index (χ3n) is 3.66. The lowest BCUT2D eigenvalue weighted by Gasteiger charge is -2.20. The summed E-state index contributed by atoms with van der Waals surface area (Å²) in [4.78, 5) is 10.7. The van der Waals surface area contributed by atoms with Crippen molar-refractivity contribution in [2.45, 2.75) is 39.5 Å². The predicted octanol–water partition coefficient (Wildman–Crippen LogP) is 1.93. The fourth-order valence-electron chi connectivity index (χ4n) is 3.01. The van der Waals surface area contributed by atoms with Crippen molar-refractivity contribution >= 4 is 11.6 Å². The molecule has 0 aliphatic heterocycles. The normalized spacial score (nSPS) is 36.1. The Kier molecular flexibility index (Phi) is 2.57. The van der Waals surface area contributed by atoms with Crippen LogP contribution in [0.1, 0.15) is 39.5 Å². The van der Waals surface area contributed by atoms with Crippen LogP contribution in [0.15, 0.2) is 5.10 Å². The summed E-state index contributed by atoms with van der Waals surface area (Å²) in [6, 6.07) is 0. The molecule has 3 atom stereocenters. The Bertz CT molecular complexity index is 272. The second-order valence-corrected chi connectivity index (χ2v) is 4.70. The second-order valence-electron chi connectivity index (χ2n) is 4.70. The smallest absolute Gasteiger partial charge is 0.236 e. The van der Waals surface area contributed by atoms with Crippen molar-refractivity contribution in [2.24, 2.45) is 22.9 Å². The summed E-state index contributed by atoms with van der Waals surface area (Å²) in [5.74, 6) is 2.35. The van der Waals surface area contributed by atoms with Crippen LogP contribution in [-0.4, -0.2) is 11.6 Å². The van der Waals surface area contributed by atoms with Gasteiger partial charge in [0.05, 0.1) is 0 Å². The summed E-state index contributed by atoms with van der Waals surface area (Å²) < 4.78 is 0. The first kappa shape index (κ1) is 9.69. The topological polar surface area (TPSA) is 41.5 Å². The van der Waals surface area contributed by atoms with Crippen LogP contribution in [0.3, 0.4) is 0 Å². The van der Waals surface area contributed by atoms with Gasteiger partial charge in [-0.1, -0.05) is 6.42 Å². The molecule has 0 unspecified atom stereocenters. The number of hydrogen-bond donors (Lipinski definition) is 1. The van der Waals surface area contributed by atoms with Crippen LogP contribution < -0.4 is 5.43 Å². The van der Waals surface area contributed by atoms with Crippen LogP contribution in [0.4, 0.5) is 0 Å². The van der Waals surface area contributed by atoms with Gasteiger partial charge in [-0.3, -0.25) is 4.79 Å². The maximum absolute atomic E-state index is 10.7. The zero-order valence-electron chi connectivity index (χ0n) is 8.92. The monoisotopic (exact) mass is 194 g/mol. The van der Waals surface area contributed by atoms with Crippen molar-refractivity contribution in [1.82, 2.24) is 5.43 Å². The van der Waals surface area contributed by atoms with E-state index in [2.05, 4.69) is 10.5 Å². The lowest BCUT2D eigenvalue weighted by atomic mass is 9.86. The van der Waals surface area contributed by atoms with Crippen LogP contribution >= 0.6 is 0 Å². The van der Waals surface area contributed by atoms with Crippen molar-refractivity contribution in [3.8, 4) is 0 Å². The molecule has 78 valence electrons. The minimum absolute atomic E-state index is 0.0764. The number of nitrogens with one attached hydrogen (secondary N) is 1. The molecule has 2 bridgehead atoms. The highest BCUT2D eigenvalue weighted by atomic mass is 16.2. The fraction of sp³-hybridized carbons (Fsp3) is 0.818. The molecule has 0 aromatic heterocycles. The van der Waals surface area contributed by atoms with E-state index in [4.69, 9.17) is 0 Å². The van der Waals surface area contributed by atoms with Crippen molar-refractivity contribution in [1.29, 1.82) is 0 Å². The molecule has 0 spiro atoms. The maximum Gasteiger partial charge on any atom is 0.236 e. The average molecular weight is 194 g/mol. The molecule has 1 N–H and O–H groups in total. The van der Waals surface area contributed by atoms with E-state index >= 15 is 0 Å². The minimum atomic E-state index is -0.0764. The van der Waals surface area contributed by atoms with Crippen molar-refractivity contribution in [2.75, 3.05) is 0 Å². The molecule has 2 aliphatic carbocycles. The third-order valence-corrected chi connectivity index (χ3v) is 3.66. The van der Waals surface area contributed by atoms with Crippen molar-refractivity contribution in [3.05, 3.63) is 0 Å². The van der Waals surface area contributed by atoms with E-state index in [1.54, 1.807) is 0 Å². The van der Waals surface area contributed by atoms with Crippen LogP contribution in [0, 0.1) is 17.8 Å². The van der Waals surface area contributed by atoms with Crippen molar-refractivity contribution < 1.29 is 4.79 Å². The molecule has 2 aliphatic rings. The molecule has 0 aromatic carbocycles. The van der Waals surface area contributed by atoms with Crippen molar-refractivity contribution in [3.63, 3.8) is 0 Å². The van der Waals surface area contributed by atoms with Gasteiger partial charge >= 0.3 is 0 Å². The number of carbonyl (C=O) groups excluding carboxylic acids is 1. The Labute approximate surface area is 85.0 Å². The molecule has 0 aromatic rings. The number of rotatable bonds is 2. The Morgan fingerprint density at radius 2 is 2.07 bits per heavy atom. The summed E-state index contributed by atoms with van der Waals surface area (Å²) in [6.45, 7) is 3.54. The molecule has 0 heterocycles. The SMILES string of the molecule is CC(=O)N/N=C(/C)[C@H]1C[C@H]2CC[C@@H]1C2. The quantitative estimate of drug-likeness (QED) is 0.529. The summed E-state index contributed by atoms with van der Waals surface area (Å²) >= 11 is 0. The van der Waals surface area contributed by atoms with Crippen LogP contribution in [-0.2, 0) is 4.79 Å². The van der Waals surface area contributed by atoms with E-state index in [0.717, 1.165) is 17.5 Å². The number of amides is 1. The molecule has 3 heteroatoms. The maximum atomic E-state index is 10.7. The molecular formula is C11H18N2O. The van der Waals surface area contributed by atoms with Gasteiger partial charge < -0.3 is 0 Å². The van der Waals surface area contributed by atoms with E-state index in [0.29, 0.717) is 5.92 Å². The highest BCUT2D eigenvalue weighted by Gasteiger charge is 2.40. The van der Waals surface area contributed by atoms with E-state index in [9.17, 15) is 4.79 Å².